The van der Waals surface area contributed by atoms with Crippen molar-refractivity contribution in [3.8, 4) is 12.3 Å². The van der Waals surface area contributed by atoms with Crippen LogP contribution in [0, 0.1) is 18.3 Å². The Morgan fingerprint density at radius 3 is 2.25 bits per heavy atom. The van der Waals surface area contributed by atoms with E-state index in [2.05, 4.69) is 5.92 Å². The monoisotopic (exact) mass is 129 g/mol. The van der Waals surface area contributed by atoms with Gasteiger partial charge in [-0.05, 0) is 13.8 Å². The highest BCUT2D eigenvalue weighted by Crippen LogP contribution is 2.00. The standard InChI is InChI=1S/C6H9OS/c1-4-5(2)6(3)8-7/h1,5-6H,2-3H3/q+1. The van der Waals surface area contributed by atoms with E-state index in [1.165, 1.54) is 0 Å². The van der Waals surface area contributed by atoms with E-state index in [1.54, 1.807) is 0 Å². The van der Waals surface area contributed by atoms with Crippen molar-refractivity contribution in [3.05, 3.63) is 0 Å². The van der Waals surface area contributed by atoms with Crippen LogP contribution in [0.25, 0.3) is 0 Å². The zero-order chi connectivity index (χ0) is 6.57. The Balaban J connectivity index is 3.66. The predicted molar refractivity (Wildman–Crippen MR) is 35.5 cm³/mol. The predicted octanol–water partition coefficient (Wildman–Crippen LogP) is 1.07. The van der Waals surface area contributed by atoms with Crippen molar-refractivity contribution in [2.75, 3.05) is 0 Å². The van der Waals surface area contributed by atoms with E-state index in [-0.39, 0.29) is 11.2 Å². The van der Waals surface area contributed by atoms with Crippen molar-refractivity contribution >= 4 is 11.7 Å². The Labute approximate surface area is 54.0 Å². The SMILES string of the molecule is C#CC(C)C(C)[S+]=O. The summed E-state index contributed by atoms with van der Waals surface area (Å²) in [5, 5.41) is 0.0417. The van der Waals surface area contributed by atoms with Crippen molar-refractivity contribution < 1.29 is 4.21 Å². The minimum absolute atomic E-state index is 0.0417. The normalized spacial score (nSPS) is 16.1. The third-order valence-corrected chi connectivity index (χ3v) is 1.83. The van der Waals surface area contributed by atoms with Gasteiger partial charge in [-0.25, -0.2) is 0 Å². The molecule has 0 rings (SSSR count). The van der Waals surface area contributed by atoms with Gasteiger partial charge in [-0.3, -0.25) is 0 Å². The molecule has 2 atom stereocenters. The highest BCUT2D eigenvalue weighted by atomic mass is 32.1. The van der Waals surface area contributed by atoms with Crippen molar-refractivity contribution in [2.45, 2.75) is 19.1 Å². The second-order valence-corrected chi connectivity index (χ2v) is 2.69. The van der Waals surface area contributed by atoms with Crippen LogP contribution in [0.5, 0.6) is 0 Å². The smallest absolute Gasteiger partial charge is 0.120 e. The first kappa shape index (κ1) is 7.58. The molecule has 0 aromatic heterocycles. The molecule has 0 radical (unpaired) electrons. The molecule has 0 heterocycles. The van der Waals surface area contributed by atoms with Crippen LogP contribution in [0.1, 0.15) is 13.8 Å². The second kappa shape index (κ2) is 3.57. The minimum atomic E-state index is 0.0417. The van der Waals surface area contributed by atoms with Gasteiger partial charge < -0.3 is 0 Å². The average molecular weight is 129 g/mol. The van der Waals surface area contributed by atoms with E-state index >= 15 is 0 Å². The summed E-state index contributed by atoms with van der Waals surface area (Å²) >= 11 is 0.565. The van der Waals surface area contributed by atoms with Gasteiger partial charge in [-0.2, -0.15) is 0 Å². The summed E-state index contributed by atoms with van der Waals surface area (Å²) in [6.45, 7) is 3.71. The van der Waals surface area contributed by atoms with Crippen molar-refractivity contribution in [2.24, 2.45) is 5.92 Å². The highest BCUT2D eigenvalue weighted by Gasteiger charge is 2.20. The van der Waals surface area contributed by atoms with Gasteiger partial charge >= 0.3 is 11.7 Å². The average Bonchev–Trinajstić information content (AvgIpc) is 1.84. The molecule has 2 heteroatoms. The molecule has 0 saturated heterocycles. The Morgan fingerprint density at radius 2 is 2.12 bits per heavy atom. The zero-order valence-corrected chi connectivity index (χ0v) is 5.87. The Bertz CT molecular complexity index is 114. The minimum Gasteiger partial charge on any atom is -0.120 e. The third kappa shape index (κ3) is 2.04. The fraction of sp³-hybridized carbons (Fsp3) is 0.667. The molecule has 0 saturated carbocycles. The van der Waals surface area contributed by atoms with Crippen LogP contribution in [0.2, 0.25) is 0 Å². The maximum Gasteiger partial charge on any atom is 0.463 e. The molecule has 0 aromatic rings. The molecule has 0 fully saturated rings. The molecule has 0 aliphatic heterocycles. The lowest BCUT2D eigenvalue weighted by molar-refractivity contribution is 0.590. The molecule has 0 spiro atoms. The van der Waals surface area contributed by atoms with E-state index < -0.39 is 0 Å². The van der Waals surface area contributed by atoms with Crippen LogP contribution < -0.4 is 0 Å². The number of hydrogen-bond acceptors (Lipinski definition) is 1. The fourth-order valence-electron chi connectivity index (χ4n) is 0.219. The van der Waals surface area contributed by atoms with Crippen molar-refractivity contribution in [1.82, 2.24) is 0 Å². The van der Waals surface area contributed by atoms with Crippen molar-refractivity contribution in [1.29, 1.82) is 0 Å². The zero-order valence-electron chi connectivity index (χ0n) is 5.05. The fourth-order valence-corrected chi connectivity index (χ4v) is 0.464. The maximum absolute atomic E-state index is 10.1. The quantitative estimate of drug-likeness (QED) is 0.402. The third-order valence-electron chi connectivity index (χ3n) is 1.12. The van der Waals surface area contributed by atoms with Crippen LogP contribution in [0.4, 0.5) is 0 Å². The second-order valence-electron chi connectivity index (χ2n) is 1.76. The van der Waals surface area contributed by atoms with E-state index in [0.29, 0.717) is 11.7 Å². The summed E-state index contributed by atoms with van der Waals surface area (Å²) in [7, 11) is 0. The molecule has 0 aliphatic rings. The molecule has 1 nitrogen and oxygen atoms in total. The molecule has 44 valence electrons. The summed E-state index contributed by atoms with van der Waals surface area (Å²) in [4.78, 5) is 0. The molecular weight excluding hydrogens is 120 g/mol. The van der Waals surface area contributed by atoms with Gasteiger partial charge in [0.1, 0.15) is 0 Å². The van der Waals surface area contributed by atoms with Crippen molar-refractivity contribution in [3.63, 3.8) is 0 Å². The van der Waals surface area contributed by atoms with Gasteiger partial charge in [0.25, 0.3) is 0 Å². The maximum atomic E-state index is 10.1. The lowest BCUT2D eigenvalue weighted by Crippen LogP contribution is -2.09. The molecule has 0 aromatic carbocycles. The first-order valence-corrected chi connectivity index (χ1v) is 3.27. The summed E-state index contributed by atoms with van der Waals surface area (Å²) in [6.07, 6.45) is 5.05. The van der Waals surface area contributed by atoms with Gasteiger partial charge in [0.15, 0.2) is 0 Å². The molecule has 0 amide bonds. The van der Waals surface area contributed by atoms with Crippen LogP contribution in [0.3, 0.4) is 0 Å². The van der Waals surface area contributed by atoms with Gasteiger partial charge in [0.05, 0.1) is 5.92 Å². The molecule has 0 aliphatic carbocycles. The topological polar surface area (TPSA) is 17.1 Å². The first-order chi connectivity index (χ1) is 3.72. The number of terminal acetylenes is 1. The molecular formula is C6H9OS+. The Morgan fingerprint density at radius 1 is 1.62 bits per heavy atom. The van der Waals surface area contributed by atoms with Gasteiger partial charge in [-0.15, -0.1) is 6.42 Å². The Hall–Kier alpha value is -0.420. The van der Waals surface area contributed by atoms with Gasteiger partial charge in [-0.1, -0.05) is 5.92 Å². The van der Waals surface area contributed by atoms with Crippen LogP contribution in [-0.4, -0.2) is 5.25 Å². The number of hydrogen-bond donors (Lipinski definition) is 0. The lowest BCUT2D eigenvalue weighted by Gasteiger charge is -1.92. The number of rotatable bonds is 2. The molecule has 0 bridgehead atoms. The highest BCUT2D eigenvalue weighted by molar-refractivity contribution is 7.66. The van der Waals surface area contributed by atoms with E-state index in [9.17, 15) is 4.21 Å². The van der Waals surface area contributed by atoms with Gasteiger partial charge in [0.2, 0.25) is 5.25 Å². The lowest BCUT2D eigenvalue weighted by atomic mass is 10.1. The molecule has 0 N–H and O–H groups in total. The van der Waals surface area contributed by atoms with E-state index in [1.807, 2.05) is 13.8 Å². The largest absolute Gasteiger partial charge is 0.463 e. The summed E-state index contributed by atoms with van der Waals surface area (Å²) in [5.41, 5.74) is 0. The summed E-state index contributed by atoms with van der Waals surface area (Å²) < 4.78 is 10.1. The van der Waals surface area contributed by atoms with E-state index in [0.717, 1.165) is 0 Å². The van der Waals surface area contributed by atoms with Gasteiger partial charge in [0, 0.05) is 4.21 Å². The first-order valence-electron chi connectivity index (χ1n) is 2.47. The molecule has 2 unspecified atom stereocenters. The Kier molecular flexibility index (Phi) is 3.38. The van der Waals surface area contributed by atoms with Crippen LogP contribution in [-0.2, 0) is 15.9 Å². The molecule has 8 heavy (non-hydrogen) atoms. The summed E-state index contributed by atoms with van der Waals surface area (Å²) in [6, 6.07) is 0. The van der Waals surface area contributed by atoms with Crippen LogP contribution >= 0.6 is 0 Å². The van der Waals surface area contributed by atoms with Crippen LogP contribution in [0.15, 0.2) is 0 Å². The van der Waals surface area contributed by atoms with E-state index in [4.69, 9.17) is 6.42 Å². The summed E-state index contributed by atoms with van der Waals surface area (Å²) in [5.74, 6) is 2.59.